The molecule has 0 amide bonds. The maximum atomic E-state index is 14.3. The number of rotatable bonds is 2. The molecule has 1 aliphatic heterocycles. The number of anilines is 1. The number of halogens is 2. The normalized spacial score (nSPS) is 25.6. The Morgan fingerprint density at radius 1 is 1.15 bits per heavy atom. The smallest absolute Gasteiger partial charge is 0.182 e. The molecule has 0 bridgehead atoms. The van der Waals surface area contributed by atoms with Crippen molar-refractivity contribution in [3.05, 3.63) is 29.3 Å². The minimum atomic E-state index is -0.921. The summed E-state index contributed by atoms with van der Waals surface area (Å²) in [5.41, 5.74) is 5.76. The second kappa shape index (κ2) is 5.28. The Hall–Kier alpha value is -1.23. The highest BCUT2D eigenvalue weighted by Gasteiger charge is 2.36. The molecule has 1 saturated heterocycles. The minimum Gasteiger partial charge on any atom is -0.389 e. The third kappa shape index (κ3) is 2.18. The fourth-order valence-electron chi connectivity index (χ4n) is 3.70. The zero-order valence-corrected chi connectivity index (χ0v) is 12.1. The molecular weight excluding hydrogens is 278 g/mol. The van der Waals surface area contributed by atoms with Crippen LogP contribution in [0.4, 0.5) is 14.5 Å². The van der Waals surface area contributed by atoms with Gasteiger partial charge in [0.2, 0.25) is 0 Å². The number of hydrogen-bond donors (Lipinski definition) is 1. The van der Waals surface area contributed by atoms with Gasteiger partial charge in [0.1, 0.15) is 4.99 Å². The van der Waals surface area contributed by atoms with E-state index in [2.05, 4.69) is 0 Å². The minimum absolute atomic E-state index is 0.0127. The Morgan fingerprint density at radius 3 is 2.65 bits per heavy atom. The van der Waals surface area contributed by atoms with Crippen LogP contribution in [-0.2, 0) is 0 Å². The van der Waals surface area contributed by atoms with Crippen molar-refractivity contribution in [3.8, 4) is 0 Å². The predicted molar refractivity (Wildman–Crippen MR) is 80.0 cm³/mol. The fourth-order valence-corrected chi connectivity index (χ4v) is 3.86. The van der Waals surface area contributed by atoms with Crippen LogP contribution in [0.1, 0.15) is 37.7 Å². The van der Waals surface area contributed by atoms with E-state index in [4.69, 9.17) is 18.0 Å². The van der Waals surface area contributed by atoms with Crippen LogP contribution in [0.2, 0.25) is 0 Å². The lowest BCUT2D eigenvalue weighted by atomic mass is 9.91. The summed E-state index contributed by atoms with van der Waals surface area (Å²) in [5, 5.41) is 0. The lowest BCUT2D eigenvalue weighted by Gasteiger charge is -2.39. The molecule has 2 N–H and O–H groups in total. The van der Waals surface area contributed by atoms with Gasteiger partial charge in [0.05, 0.1) is 5.69 Å². The number of nitrogens with zero attached hydrogens (tertiary/aromatic N) is 1. The van der Waals surface area contributed by atoms with E-state index in [1.54, 1.807) is 6.07 Å². The number of fused-ring (bicyclic) bond motifs is 1. The first-order valence-electron chi connectivity index (χ1n) is 7.14. The van der Waals surface area contributed by atoms with Gasteiger partial charge < -0.3 is 10.6 Å². The van der Waals surface area contributed by atoms with Crippen LogP contribution in [-0.4, -0.2) is 17.6 Å². The van der Waals surface area contributed by atoms with Gasteiger partial charge >= 0.3 is 0 Å². The van der Waals surface area contributed by atoms with Crippen LogP contribution in [0.25, 0.3) is 0 Å². The molecule has 20 heavy (non-hydrogen) atoms. The van der Waals surface area contributed by atoms with Crippen LogP contribution in [0, 0.1) is 17.6 Å². The number of nitrogens with two attached hydrogens (primary N) is 1. The average molecular weight is 296 g/mol. The standard InChI is InChI=1S/C15H18F2N2S/c16-13-10(15(18)20)6-7-12(14(13)17)19-8-2-4-9-3-1-5-11(9)19/h6-7,9,11H,1-5,8H2,(H2,18,20). The Morgan fingerprint density at radius 2 is 1.90 bits per heavy atom. The molecule has 2 aliphatic rings. The maximum absolute atomic E-state index is 14.3. The summed E-state index contributed by atoms with van der Waals surface area (Å²) < 4.78 is 28.4. The molecule has 5 heteroatoms. The Balaban J connectivity index is 1.97. The van der Waals surface area contributed by atoms with Crippen LogP contribution in [0.15, 0.2) is 12.1 Å². The molecule has 2 unspecified atom stereocenters. The first-order valence-corrected chi connectivity index (χ1v) is 7.55. The second-order valence-electron chi connectivity index (χ2n) is 5.72. The molecule has 1 aliphatic carbocycles. The summed E-state index contributed by atoms with van der Waals surface area (Å²) in [5.74, 6) is -1.11. The highest BCUT2D eigenvalue weighted by molar-refractivity contribution is 7.80. The molecule has 0 aromatic heterocycles. The summed E-state index contributed by atoms with van der Waals surface area (Å²) >= 11 is 4.74. The van der Waals surface area contributed by atoms with Crippen molar-refractivity contribution >= 4 is 22.9 Å². The molecular formula is C15H18F2N2S. The third-order valence-electron chi connectivity index (χ3n) is 4.63. The van der Waals surface area contributed by atoms with E-state index in [0.29, 0.717) is 17.6 Å². The first kappa shape index (κ1) is 13.7. The van der Waals surface area contributed by atoms with Crippen LogP contribution in [0.5, 0.6) is 0 Å². The Bertz CT molecular complexity index is 547. The largest absolute Gasteiger partial charge is 0.389 e. The van der Waals surface area contributed by atoms with Crippen molar-refractivity contribution in [2.75, 3.05) is 11.4 Å². The molecule has 0 radical (unpaired) electrons. The van der Waals surface area contributed by atoms with E-state index >= 15 is 0 Å². The van der Waals surface area contributed by atoms with E-state index < -0.39 is 11.6 Å². The molecule has 3 rings (SSSR count). The van der Waals surface area contributed by atoms with Gasteiger partial charge in [-0.1, -0.05) is 18.6 Å². The zero-order chi connectivity index (χ0) is 14.3. The van der Waals surface area contributed by atoms with Crippen molar-refractivity contribution in [2.24, 2.45) is 11.7 Å². The molecule has 0 spiro atoms. The van der Waals surface area contributed by atoms with E-state index in [1.165, 1.54) is 25.3 Å². The molecule has 108 valence electrons. The van der Waals surface area contributed by atoms with Gasteiger partial charge in [-0.2, -0.15) is 0 Å². The SMILES string of the molecule is NC(=S)c1ccc(N2CCCC3CCCC32)c(F)c1F. The number of piperidine rings is 1. The summed E-state index contributed by atoms with van der Waals surface area (Å²) in [6.45, 7) is 0.796. The molecule has 1 aromatic carbocycles. The van der Waals surface area contributed by atoms with Crippen LogP contribution >= 0.6 is 12.2 Å². The molecule has 2 fully saturated rings. The summed E-state index contributed by atoms with van der Waals surface area (Å²) in [7, 11) is 0. The van der Waals surface area contributed by atoms with Gasteiger partial charge in [-0.05, 0) is 43.7 Å². The van der Waals surface area contributed by atoms with Gasteiger partial charge in [-0.25, -0.2) is 8.78 Å². The quantitative estimate of drug-likeness (QED) is 0.849. The van der Waals surface area contributed by atoms with E-state index in [9.17, 15) is 8.78 Å². The van der Waals surface area contributed by atoms with E-state index in [1.807, 2.05) is 4.90 Å². The summed E-state index contributed by atoms with van der Waals surface area (Å²) in [4.78, 5) is 1.94. The average Bonchev–Trinajstić information content (AvgIpc) is 2.89. The zero-order valence-electron chi connectivity index (χ0n) is 11.2. The number of hydrogen-bond acceptors (Lipinski definition) is 2. The Kier molecular flexibility index (Phi) is 3.63. The number of benzene rings is 1. The Labute approximate surface area is 122 Å². The topological polar surface area (TPSA) is 29.3 Å². The van der Waals surface area contributed by atoms with Crippen LogP contribution in [0.3, 0.4) is 0 Å². The van der Waals surface area contributed by atoms with Gasteiger partial charge in [0.25, 0.3) is 0 Å². The maximum Gasteiger partial charge on any atom is 0.182 e. The summed E-state index contributed by atoms with van der Waals surface area (Å²) in [6.07, 6.45) is 5.70. The van der Waals surface area contributed by atoms with Gasteiger partial charge in [0, 0.05) is 18.2 Å². The molecule has 1 aromatic rings. The lowest BCUT2D eigenvalue weighted by molar-refractivity contribution is 0.357. The van der Waals surface area contributed by atoms with Crippen molar-refractivity contribution in [1.82, 2.24) is 0 Å². The van der Waals surface area contributed by atoms with E-state index in [0.717, 1.165) is 19.4 Å². The highest BCUT2D eigenvalue weighted by Crippen LogP contribution is 2.40. The van der Waals surface area contributed by atoms with Gasteiger partial charge in [-0.15, -0.1) is 0 Å². The fraction of sp³-hybridized carbons (Fsp3) is 0.533. The lowest BCUT2D eigenvalue weighted by Crippen LogP contribution is -2.43. The van der Waals surface area contributed by atoms with E-state index in [-0.39, 0.29) is 10.6 Å². The molecule has 2 atom stereocenters. The summed E-state index contributed by atoms with van der Waals surface area (Å²) in [6, 6.07) is 3.47. The van der Waals surface area contributed by atoms with Crippen molar-refractivity contribution in [3.63, 3.8) is 0 Å². The molecule has 1 heterocycles. The van der Waals surface area contributed by atoms with Crippen molar-refractivity contribution in [2.45, 2.75) is 38.1 Å². The van der Waals surface area contributed by atoms with Crippen LogP contribution < -0.4 is 10.6 Å². The van der Waals surface area contributed by atoms with Crippen molar-refractivity contribution < 1.29 is 8.78 Å². The van der Waals surface area contributed by atoms with Gasteiger partial charge in [-0.3, -0.25) is 0 Å². The predicted octanol–water partition coefficient (Wildman–Crippen LogP) is 3.37. The second-order valence-corrected chi connectivity index (χ2v) is 6.16. The molecule has 2 nitrogen and oxygen atoms in total. The van der Waals surface area contributed by atoms with Crippen molar-refractivity contribution in [1.29, 1.82) is 0 Å². The monoisotopic (exact) mass is 296 g/mol. The number of thiocarbonyl (C=S) groups is 1. The first-order chi connectivity index (χ1) is 9.59. The third-order valence-corrected chi connectivity index (χ3v) is 4.85. The van der Waals surface area contributed by atoms with Gasteiger partial charge in [0.15, 0.2) is 11.6 Å². The molecule has 1 saturated carbocycles. The highest BCUT2D eigenvalue weighted by atomic mass is 32.1.